The molecule has 0 bridgehead atoms. The summed E-state index contributed by atoms with van der Waals surface area (Å²) in [6.07, 6.45) is 5.43. The molecule has 0 spiro atoms. The minimum Gasteiger partial charge on any atom is -0.330 e. The first-order valence-corrected chi connectivity index (χ1v) is 5.76. The molecule has 1 aliphatic carbocycles. The van der Waals surface area contributed by atoms with Gasteiger partial charge in [0.25, 0.3) is 0 Å². The number of hydrogen-bond acceptors (Lipinski definition) is 2. The van der Waals surface area contributed by atoms with Gasteiger partial charge in [0.1, 0.15) is 0 Å². The Balaban J connectivity index is 2.04. The monoisotopic (exact) mass is 173 g/mol. The predicted molar refractivity (Wildman–Crippen MR) is 53.0 cm³/mol. The molecule has 1 aliphatic rings. The van der Waals surface area contributed by atoms with E-state index in [1.807, 2.05) is 0 Å². The summed E-state index contributed by atoms with van der Waals surface area (Å²) >= 11 is 2.11. The zero-order valence-corrected chi connectivity index (χ0v) is 8.25. The lowest BCUT2D eigenvalue weighted by molar-refractivity contribution is 0.537. The van der Waals surface area contributed by atoms with Crippen LogP contribution in [-0.2, 0) is 0 Å². The average Bonchev–Trinajstić information content (AvgIpc) is 2.71. The van der Waals surface area contributed by atoms with Crippen LogP contribution in [0.25, 0.3) is 0 Å². The second kappa shape index (κ2) is 4.36. The first-order chi connectivity index (χ1) is 5.33. The van der Waals surface area contributed by atoms with Gasteiger partial charge >= 0.3 is 0 Å². The Morgan fingerprint density at radius 1 is 1.45 bits per heavy atom. The second-order valence-electron chi connectivity index (χ2n) is 3.59. The van der Waals surface area contributed by atoms with Gasteiger partial charge in [-0.05, 0) is 49.1 Å². The van der Waals surface area contributed by atoms with Crippen LogP contribution in [0, 0.1) is 5.41 Å². The van der Waals surface area contributed by atoms with Gasteiger partial charge in [-0.25, -0.2) is 0 Å². The van der Waals surface area contributed by atoms with Crippen molar-refractivity contribution in [2.75, 3.05) is 18.1 Å². The molecule has 66 valence electrons. The number of rotatable bonds is 6. The molecule has 11 heavy (non-hydrogen) atoms. The quantitative estimate of drug-likeness (QED) is 0.623. The molecule has 0 amide bonds. The number of nitrogens with two attached hydrogens (primary N) is 1. The Bertz CT molecular complexity index is 110. The molecule has 0 aromatic rings. The number of hydrogen-bond donors (Lipinski definition) is 1. The van der Waals surface area contributed by atoms with Gasteiger partial charge in [-0.1, -0.05) is 6.92 Å². The minimum absolute atomic E-state index is 0.689. The first-order valence-electron chi connectivity index (χ1n) is 4.61. The summed E-state index contributed by atoms with van der Waals surface area (Å²) in [4.78, 5) is 0. The van der Waals surface area contributed by atoms with Gasteiger partial charge in [0, 0.05) is 0 Å². The minimum atomic E-state index is 0.689. The summed E-state index contributed by atoms with van der Waals surface area (Å²) in [5.41, 5.74) is 6.24. The molecule has 0 heterocycles. The highest BCUT2D eigenvalue weighted by atomic mass is 32.2. The van der Waals surface area contributed by atoms with Gasteiger partial charge in [0.05, 0.1) is 0 Å². The highest BCUT2D eigenvalue weighted by Crippen LogP contribution is 2.50. The van der Waals surface area contributed by atoms with Crippen LogP contribution in [0.1, 0.15) is 32.6 Å². The van der Waals surface area contributed by atoms with Gasteiger partial charge in [-0.15, -0.1) is 0 Å². The van der Waals surface area contributed by atoms with Crippen LogP contribution in [0.15, 0.2) is 0 Å². The van der Waals surface area contributed by atoms with Crippen LogP contribution in [0.3, 0.4) is 0 Å². The lowest BCUT2D eigenvalue weighted by Crippen LogP contribution is -2.11. The van der Waals surface area contributed by atoms with Crippen molar-refractivity contribution in [2.45, 2.75) is 32.6 Å². The van der Waals surface area contributed by atoms with Crippen LogP contribution in [0.4, 0.5) is 0 Å². The number of thioether (sulfide) groups is 1. The fourth-order valence-electron chi connectivity index (χ4n) is 1.38. The van der Waals surface area contributed by atoms with Crippen molar-refractivity contribution < 1.29 is 0 Å². The van der Waals surface area contributed by atoms with Crippen LogP contribution in [0.2, 0.25) is 0 Å². The zero-order valence-electron chi connectivity index (χ0n) is 7.44. The standard InChI is InChI=1S/C9H19NS/c1-2-7-11-8-9(3-4-9)5-6-10/h2-8,10H2,1H3. The normalized spacial score (nSPS) is 20.2. The van der Waals surface area contributed by atoms with Crippen LogP contribution in [0.5, 0.6) is 0 Å². The molecule has 0 aliphatic heterocycles. The van der Waals surface area contributed by atoms with Crippen molar-refractivity contribution in [1.29, 1.82) is 0 Å². The third-order valence-corrected chi connectivity index (χ3v) is 3.90. The molecule has 1 nitrogen and oxygen atoms in total. The van der Waals surface area contributed by atoms with Crippen molar-refractivity contribution in [3.63, 3.8) is 0 Å². The Kier molecular flexibility index (Phi) is 3.73. The predicted octanol–water partition coefficient (Wildman–Crippen LogP) is 2.26. The van der Waals surface area contributed by atoms with Crippen molar-refractivity contribution >= 4 is 11.8 Å². The van der Waals surface area contributed by atoms with E-state index in [2.05, 4.69) is 18.7 Å². The third kappa shape index (κ3) is 3.04. The maximum atomic E-state index is 5.55. The fourth-order valence-corrected chi connectivity index (χ4v) is 2.68. The summed E-state index contributed by atoms with van der Waals surface area (Å²) < 4.78 is 0. The van der Waals surface area contributed by atoms with Gasteiger partial charge in [0.2, 0.25) is 0 Å². The van der Waals surface area contributed by atoms with Crippen molar-refractivity contribution in [3.05, 3.63) is 0 Å². The molecular weight excluding hydrogens is 154 g/mol. The molecule has 2 heteroatoms. The van der Waals surface area contributed by atoms with Gasteiger partial charge in [-0.3, -0.25) is 0 Å². The van der Waals surface area contributed by atoms with E-state index in [1.165, 1.54) is 37.2 Å². The Morgan fingerprint density at radius 2 is 2.18 bits per heavy atom. The van der Waals surface area contributed by atoms with E-state index in [-0.39, 0.29) is 0 Å². The first kappa shape index (κ1) is 9.40. The van der Waals surface area contributed by atoms with Gasteiger partial charge in [0.15, 0.2) is 0 Å². The maximum absolute atomic E-state index is 5.55. The van der Waals surface area contributed by atoms with Crippen LogP contribution >= 0.6 is 11.8 Å². The van der Waals surface area contributed by atoms with E-state index >= 15 is 0 Å². The van der Waals surface area contributed by atoms with Crippen molar-refractivity contribution in [3.8, 4) is 0 Å². The van der Waals surface area contributed by atoms with Crippen LogP contribution in [-0.4, -0.2) is 18.1 Å². The molecule has 0 radical (unpaired) electrons. The molecule has 0 aromatic heterocycles. The maximum Gasteiger partial charge on any atom is -0.00103 e. The molecule has 1 saturated carbocycles. The summed E-state index contributed by atoms with van der Waals surface area (Å²) in [7, 11) is 0. The van der Waals surface area contributed by atoms with E-state index in [1.54, 1.807) is 0 Å². The lowest BCUT2D eigenvalue weighted by Gasteiger charge is -2.12. The Labute approximate surface area is 74.1 Å². The largest absolute Gasteiger partial charge is 0.330 e. The van der Waals surface area contributed by atoms with E-state index < -0.39 is 0 Å². The second-order valence-corrected chi connectivity index (χ2v) is 4.70. The van der Waals surface area contributed by atoms with Crippen molar-refractivity contribution in [1.82, 2.24) is 0 Å². The summed E-state index contributed by atoms with van der Waals surface area (Å²) in [5.74, 6) is 2.68. The molecule has 0 unspecified atom stereocenters. The zero-order chi connectivity index (χ0) is 8.16. The third-order valence-electron chi connectivity index (χ3n) is 2.39. The summed E-state index contributed by atoms with van der Waals surface area (Å²) in [6, 6.07) is 0. The SMILES string of the molecule is CCCSCC1(CCN)CC1. The van der Waals surface area contributed by atoms with Gasteiger partial charge < -0.3 is 5.73 Å². The fraction of sp³-hybridized carbons (Fsp3) is 1.00. The highest BCUT2D eigenvalue weighted by molar-refractivity contribution is 7.99. The van der Waals surface area contributed by atoms with Crippen LogP contribution < -0.4 is 5.73 Å². The topological polar surface area (TPSA) is 26.0 Å². The molecular formula is C9H19NS. The van der Waals surface area contributed by atoms with E-state index in [0.29, 0.717) is 5.41 Å². The van der Waals surface area contributed by atoms with E-state index in [9.17, 15) is 0 Å². The van der Waals surface area contributed by atoms with Gasteiger partial charge in [-0.2, -0.15) is 11.8 Å². The average molecular weight is 173 g/mol. The van der Waals surface area contributed by atoms with E-state index in [4.69, 9.17) is 5.73 Å². The smallest absolute Gasteiger partial charge is 0.00103 e. The molecule has 2 N–H and O–H groups in total. The van der Waals surface area contributed by atoms with Crippen molar-refractivity contribution in [2.24, 2.45) is 11.1 Å². The molecule has 1 rings (SSSR count). The molecule has 0 atom stereocenters. The lowest BCUT2D eigenvalue weighted by atomic mass is 10.1. The Morgan fingerprint density at radius 3 is 2.64 bits per heavy atom. The van der Waals surface area contributed by atoms with E-state index in [0.717, 1.165) is 6.54 Å². The Hall–Kier alpha value is 0.310. The summed E-state index contributed by atoms with van der Waals surface area (Å²) in [6.45, 7) is 3.13. The highest BCUT2D eigenvalue weighted by Gasteiger charge is 2.40. The molecule has 0 aromatic carbocycles. The molecule has 1 fully saturated rings. The molecule has 0 saturated heterocycles. The summed E-state index contributed by atoms with van der Waals surface area (Å²) in [5, 5.41) is 0.